The fourth-order valence-electron chi connectivity index (χ4n) is 4.26. The molecule has 0 bridgehead atoms. The molecule has 2 heterocycles. The summed E-state index contributed by atoms with van der Waals surface area (Å²) in [5, 5.41) is 13.1. The number of carbonyl (C=O) groups is 1. The van der Waals surface area contributed by atoms with Gasteiger partial charge in [-0.25, -0.2) is 4.79 Å². The zero-order chi connectivity index (χ0) is 19.3. The molecular formula is C20H27ClN4O2. The Kier molecular flexibility index (Phi) is 6.56. The van der Waals surface area contributed by atoms with Gasteiger partial charge in [-0.1, -0.05) is 11.6 Å². The molecule has 27 heavy (non-hydrogen) atoms. The molecule has 2 aliphatic rings. The Morgan fingerprint density at radius 3 is 2.85 bits per heavy atom. The largest absolute Gasteiger partial charge is 0.449 e. The number of aromatic nitrogens is 1. The number of amides is 1. The lowest BCUT2D eigenvalue weighted by Gasteiger charge is -2.38. The summed E-state index contributed by atoms with van der Waals surface area (Å²) < 4.78 is 5.28. The number of nitrogens with one attached hydrogen (secondary N) is 1. The van der Waals surface area contributed by atoms with Crippen molar-refractivity contribution in [2.24, 2.45) is 5.92 Å². The molecule has 1 amide bonds. The first-order valence-corrected chi connectivity index (χ1v) is 10.1. The highest BCUT2D eigenvalue weighted by atomic mass is 35.5. The van der Waals surface area contributed by atoms with Gasteiger partial charge in [0.2, 0.25) is 0 Å². The molecule has 146 valence electrons. The monoisotopic (exact) mass is 390 g/mol. The topological polar surface area (TPSA) is 78.2 Å². The number of nitriles is 1. The van der Waals surface area contributed by atoms with Gasteiger partial charge in [-0.3, -0.25) is 9.88 Å². The quantitative estimate of drug-likeness (QED) is 0.832. The van der Waals surface area contributed by atoms with E-state index in [-0.39, 0.29) is 6.09 Å². The fraction of sp³-hybridized carbons (Fsp3) is 0.650. The lowest BCUT2D eigenvalue weighted by Crippen LogP contribution is -2.41. The molecule has 1 atom stereocenters. The van der Waals surface area contributed by atoms with E-state index in [1.165, 1.54) is 0 Å². The molecular weight excluding hydrogens is 364 g/mol. The van der Waals surface area contributed by atoms with Crippen LogP contribution in [0.3, 0.4) is 0 Å². The van der Waals surface area contributed by atoms with Crippen LogP contribution in [0, 0.1) is 17.2 Å². The molecule has 3 rings (SSSR count). The Balaban J connectivity index is 1.51. The highest BCUT2D eigenvalue weighted by Gasteiger charge is 2.41. The van der Waals surface area contributed by atoms with E-state index >= 15 is 0 Å². The van der Waals surface area contributed by atoms with Crippen LogP contribution >= 0.6 is 11.6 Å². The van der Waals surface area contributed by atoms with Gasteiger partial charge >= 0.3 is 6.09 Å². The smallest absolute Gasteiger partial charge is 0.407 e. The summed E-state index contributed by atoms with van der Waals surface area (Å²) in [4.78, 5) is 18.4. The number of carbonyl (C=O) groups excluding carboxylic acids is 1. The maximum absolute atomic E-state index is 11.5. The number of hydrogen-bond acceptors (Lipinski definition) is 5. The van der Waals surface area contributed by atoms with Crippen LogP contribution in [0.4, 0.5) is 4.79 Å². The molecule has 1 saturated carbocycles. The zero-order valence-corrected chi connectivity index (χ0v) is 16.5. The summed E-state index contributed by atoms with van der Waals surface area (Å²) in [6.45, 7) is 4.94. The van der Waals surface area contributed by atoms with E-state index in [2.05, 4.69) is 21.3 Å². The third-order valence-corrected chi connectivity index (χ3v) is 6.07. The van der Waals surface area contributed by atoms with Gasteiger partial charge < -0.3 is 10.1 Å². The van der Waals surface area contributed by atoms with Crippen LogP contribution in [-0.4, -0.2) is 48.3 Å². The van der Waals surface area contributed by atoms with Crippen molar-refractivity contribution in [1.82, 2.24) is 15.2 Å². The third kappa shape index (κ3) is 4.72. The number of ether oxygens (including phenoxy) is 1. The van der Waals surface area contributed by atoms with E-state index in [9.17, 15) is 10.1 Å². The van der Waals surface area contributed by atoms with Crippen LogP contribution < -0.4 is 5.32 Å². The van der Waals surface area contributed by atoms with Crippen molar-refractivity contribution in [3.8, 4) is 6.07 Å². The molecule has 1 aliphatic carbocycles. The highest BCUT2D eigenvalue weighted by Crippen LogP contribution is 2.40. The van der Waals surface area contributed by atoms with Gasteiger partial charge in [-0.05, 0) is 57.7 Å². The molecule has 0 radical (unpaired) electrons. The molecule has 1 saturated heterocycles. The fourth-order valence-corrected chi connectivity index (χ4v) is 4.38. The average Bonchev–Trinajstić information content (AvgIpc) is 3.16. The van der Waals surface area contributed by atoms with Crippen molar-refractivity contribution in [2.75, 3.05) is 26.2 Å². The number of alkyl carbamates (subject to hydrolysis) is 1. The molecule has 0 spiro atoms. The summed E-state index contributed by atoms with van der Waals surface area (Å²) in [5.74, 6) is 0.396. The Morgan fingerprint density at radius 1 is 1.44 bits per heavy atom. The van der Waals surface area contributed by atoms with Gasteiger partial charge in [0, 0.05) is 31.2 Å². The van der Waals surface area contributed by atoms with Crippen molar-refractivity contribution in [3.05, 3.63) is 29.0 Å². The first-order valence-electron chi connectivity index (χ1n) is 9.74. The second-order valence-corrected chi connectivity index (χ2v) is 8.00. The second-order valence-electron chi connectivity index (χ2n) is 7.57. The number of pyridine rings is 1. The lowest BCUT2D eigenvalue weighted by molar-refractivity contribution is 0.119. The minimum absolute atomic E-state index is 0.331. The standard InChI is InChI=1S/C20H27ClN4O2/c1-2-23-19(26)27-13-15-7-10-25(12-15)17-5-8-20(14-22,9-6-17)18-4-3-16(21)11-24-18/h3-4,11,15,17H,2,5-10,12-13H2,1H3,(H,23,26)/t15-,17?,20?/m1/s1. The molecule has 6 nitrogen and oxygen atoms in total. The third-order valence-electron chi connectivity index (χ3n) is 5.85. The average molecular weight is 391 g/mol. The Bertz CT molecular complexity index is 680. The van der Waals surface area contributed by atoms with Crippen LogP contribution in [0.25, 0.3) is 0 Å². The van der Waals surface area contributed by atoms with E-state index in [0.717, 1.165) is 50.9 Å². The SMILES string of the molecule is CCNC(=O)OC[C@@H]1CCN(C2CCC(C#N)(c3ccc(Cl)cn3)CC2)C1. The first kappa shape index (κ1) is 19.9. The van der Waals surface area contributed by atoms with Crippen LogP contribution in [0.1, 0.15) is 44.7 Å². The predicted molar refractivity (Wildman–Crippen MR) is 103 cm³/mol. The van der Waals surface area contributed by atoms with E-state index < -0.39 is 5.41 Å². The summed E-state index contributed by atoms with van der Waals surface area (Å²) in [6, 6.07) is 6.72. The van der Waals surface area contributed by atoms with Crippen molar-refractivity contribution >= 4 is 17.7 Å². The number of halogens is 1. The van der Waals surface area contributed by atoms with E-state index in [1.807, 2.05) is 19.1 Å². The molecule has 0 unspecified atom stereocenters. The molecule has 1 aromatic rings. The normalized spacial score (nSPS) is 28.5. The molecule has 1 aromatic heterocycles. The van der Waals surface area contributed by atoms with Crippen LogP contribution in [0.15, 0.2) is 18.3 Å². The Morgan fingerprint density at radius 2 is 2.22 bits per heavy atom. The van der Waals surface area contributed by atoms with E-state index in [4.69, 9.17) is 16.3 Å². The lowest BCUT2D eigenvalue weighted by atomic mass is 9.71. The van der Waals surface area contributed by atoms with Gasteiger partial charge in [0.1, 0.15) is 0 Å². The maximum atomic E-state index is 11.5. The number of nitrogens with zero attached hydrogens (tertiary/aromatic N) is 3. The first-order chi connectivity index (χ1) is 13.1. The van der Waals surface area contributed by atoms with Crippen molar-refractivity contribution < 1.29 is 9.53 Å². The Hall–Kier alpha value is -1.84. The van der Waals surface area contributed by atoms with Gasteiger partial charge in [-0.2, -0.15) is 5.26 Å². The number of likely N-dealkylation sites (tertiary alicyclic amines) is 1. The van der Waals surface area contributed by atoms with Crippen LogP contribution in [0.5, 0.6) is 0 Å². The van der Waals surface area contributed by atoms with Gasteiger partial charge in [0.25, 0.3) is 0 Å². The Labute approximate surface area is 165 Å². The highest BCUT2D eigenvalue weighted by molar-refractivity contribution is 6.30. The molecule has 1 N–H and O–H groups in total. The van der Waals surface area contributed by atoms with E-state index in [1.54, 1.807) is 6.20 Å². The predicted octanol–water partition coefficient (Wildman–Crippen LogP) is 3.51. The van der Waals surface area contributed by atoms with Crippen LogP contribution in [0.2, 0.25) is 5.02 Å². The van der Waals surface area contributed by atoms with E-state index in [0.29, 0.717) is 30.1 Å². The summed E-state index contributed by atoms with van der Waals surface area (Å²) >= 11 is 5.94. The second kappa shape index (κ2) is 8.90. The zero-order valence-electron chi connectivity index (χ0n) is 15.8. The number of hydrogen-bond donors (Lipinski definition) is 1. The minimum atomic E-state index is -0.498. The molecule has 0 aromatic carbocycles. The minimum Gasteiger partial charge on any atom is -0.449 e. The van der Waals surface area contributed by atoms with Crippen molar-refractivity contribution in [2.45, 2.75) is 50.5 Å². The summed E-state index contributed by atoms with van der Waals surface area (Å²) in [7, 11) is 0. The van der Waals surface area contributed by atoms with Crippen molar-refractivity contribution in [1.29, 1.82) is 5.26 Å². The summed E-state index contributed by atoms with van der Waals surface area (Å²) in [5.41, 5.74) is 0.337. The van der Waals surface area contributed by atoms with Gasteiger partial charge in [-0.15, -0.1) is 0 Å². The van der Waals surface area contributed by atoms with Gasteiger partial charge in [0.15, 0.2) is 0 Å². The van der Waals surface area contributed by atoms with Gasteiger partial charge in [0.05, 0.1) is 28.8 Å². The summed E-state index contributed by atoms with van der Waals surface area (Å²) in [6.07, 6.45) is 5.96. The molecule has 1 aliphatic heterocycles. The van der Waals surface area contributed by atoms with Crippen LogP contribution in [-0.2, 0) is 10.2 Å². The molecule has 2 fully saturated rings. The van der Waals surface area contributed by atoms with Crippen molar-refractivity contribution in [3.63, 3.8) is 0 Å². The maximum Gasteiger partial charge on any atom is 0.407 e. The molecule has 7 heteroatoms. The number of rotatable bonds is 5.